The molecule has 4 nitrogen and oxygen atoms in total. The molecule has 1 heterocycles. The van der Waals surface area contributed by atoms with Crippen molar-refractivity contribution in [1.82, 2.24) is 0 Å². The lowest BCUT2D eigenvalue weighted by Crippen LogP contribution is -2.37. The Labute approximate surface area is 89.1 Å². The molecule has 1 aromatic rings. The molecule has 1 N–H and O–H groups in total. The summed E-state index contributed by atoms with van der Waals surface area (Å²) >= 11 is 0. The third-order valence-electron chi connectivity index (χ3n) is 2.48. The smallest absolute Gasteiger partial charge is 0.182 e. The molecule has 0 unspecified atom stereocenters. The minimum atomic E-state index is -3.14. The maximum atomic E-state index is 11.7. The maximum Gasteiger partial charge on any atom is 0.182 e. The molecule has 0 amide bonds. The fourth-order valence-electron chi connectivity index (χ4n) is 1.73. The number of anilines is 1. The first-order valence-corrected chi connectivity index (χ1v) is 6.39. The van der Waals surface area contributed by atoms with Gasteiger partial charge in [0.1, 0.15) is 0 Å². The minimum Gasteiger partial charge on any atom is -0.395 e. The van der Waals surface area contributed by atoms with Gasteiger partial charge in [0.25, 0.3) is 0 Å². The Bertz CT molecular complexity index is 455. The molecule has 0 fully saturated rings. The van der Waals surface area contributed by atoms with Crippen molar-refractivity contribution in [2.75, 3.05) is 30.3 Å². The van der Waals surface area contributed by atoms with E-state index in [4.69, 9.17) is 5.11 Å². The summed E-state index contributed by atoms with van der Waals surface area (Å²) < 4.78 is 23.4. The van der Waals surface area contributed by atoms with Gasteiger partial charge in [0.15, 0.2) is 9.84 Å². The largest absolute Gasteiger partial charge is 0.395 e. The second-order valence-electron chi connectivity index (χ2n) is 3.42. The highest BCUT2D eigenvalue weighted by molar-refractivity contribution is 7.91. The Morgan fingerprint density at radius 1 is 1.53 bits per heavy atom. The van der Waals surface area contributed by atoms with Gasteiger partial charge in [0.05, 0.1) is 22.9 Å². The Morgan fingerprint density at radius 3 is 3.07 bits per heavy atom. The van der Waals surface area contributed by atoms with Crippen molar-refractivity contribution in [2.45, 2.75) is 4.90 Å². The summed E-state index contributed by atoms with van der Waals surface area (Å²) in [6.45, 7) is 0.919. The summed E-state index contributed by atoms with van der Waals surface area (Å²) in [4.78, 5) is 2.22. The fourth-order valence-corrected chi connectivity index (χ4v) is 3.19. The molecule has 0 spiro atoms. The standard InChI is InChI=1S/C10H12NO3S/c12-7-5-11-6-8-15(13,14)10-4-2-1-3-9(10)11/h2-4,12H,5-8H2. The lowest BCUT2D eigenvalue weighted by Gasteiger charge is -2.30. The molecule has 1 aliphatic heterocycles. The van der Waals surface area contributed by atoms with Crippen LogP contribution in [-0.2, 0) is 9.84 Å². The maximum absolute atomic E-state index is 11.7. The molecule has 1 aliphatic rings. The van der Waals surface area contributed by atoms with E-state index in [9.17, 15) is 8.42 Å². The molecule has 81 valence electrons. The molecule has 2 rings (SSSR count). The topological polar surface area (TPSA) is 57.6 Å². The van der Waals surface area contributed by atoms with Crippen LogP contribution in [0.1, 0.15) is 0 Å². The number of fused-ring (bicyclic) bond motifs is 1. The van der Waals surface area contributed by atoms with Crippen LogP contribution in [0.25, 0.3) is 0 Å². The highest BCUT2D eigenvalue weighted by atomic mass is 32.2. The summed E-state index contributed by atoms with van der Waals surface area (Å²) in [5.41, 5.74) is 0.651. The van der Waals surface area contributed by atoms with Crippen LogP contribution >= 0.6 is 0 Å². The molecular weight excluding hydrogens is 214 g/mol. The summed E-state index contributed by atoms with van der Waals surface area (Å²) in [7, 11) is -3.14. The number of hydrogen-bond donors (Lipinski definition) is 1. The monoisotopic (exact) mass is 226 g/mol. The van der Waals surface area contributed by atoms with Crippen LogP contribution in [0.5, 0.6) is 0 Å². The zero-order valence-electron chi connectivity index (χ0n) is 8.18. The van der Waals surface area contributed by atoms with E-state index in [1.165, 1.54) is 0 Å². The zero-order chi connectivity index (χ0) is 10.9. The highest BCUT2D eigenvalue weighted by Gasteiger charge is 2.27. The van der Waals surface area contributed by atoms with Crippen LogP contribution in [0.4, 0.5) is 5.69 Å². The van der Waals surface area contributed by atoms with Gasteiger partial charge in [-0.1, -0.05) is 6.07 Å². The Morgan fingerprint density at radius 2 is 2.33 bits per heavy atom. The SMILES string of the molecule is O=S1(=O)CCN(CCO)c2c[c]ccc21. The predicted octanol–water partition coefficient (Wildman–Crippen LogP) is 0.0728. The van der Waals surface area contributed by atoms with Gasteiger partial charge in [0, 0.05) is 13.1 Å². The van der Waals surface area contributed by atoms with Crippen molar-refractivity contribution < 1.29 is 13.5 Å². The normalized spacial score (nSPS) is 18.6. The first-order valence-electron chi connectivity index (χ1n) is 4.74. The minimum absolute atomic E-state index is 0.0222. The molecule has 0 aromatic heterocycles. The Kier molecular flexibility index (Phi) is 2.67. The van der Waals surface area contributed by atoms with E-state index in [-0.39, 0.29) is 12.4 Å². The van der Waals surface area contributed by atoms with E-state index in [2.05, 4.69) is 6.07 Å². The van der Waals surface area contributed by atoms with Gasteiger partial charge in [-0.05, 0) is 18.2 Å². The second-order valence-corrected chi connectivity index (χ2v) is 5.50. The van der Waals surface area contributed by atoms with Crippen LogP contribution in [0.2, 0.25) is 0 Å². The zero-order valence-corrected chi connectivity index (χ0v) is 9.00. The third-order valence-corrected chi connectivity index (χ3v) is 4.21. The first-order chi connectivity index (χ1) is 7.15. The van der Waals surface area contributed by atoms with E-state index in [1.807, 2.05) is 4.90 Å². The number of aliphatic hydroxyl groups excluding tert-OH is 1. The molecule has 1 radical (unpaired) electrons. The van der Waals surface area contributed by atoms with Crippen molar-refractivity contribution >= 4 is 15.5 Å². The van der Waals surface area contributed by atoms with E-state index < -0.39 is 9.84 Å². The number of aliphatic hydroxyl groups is 1. The summed E-state index contributed by atoms with van der Waals surface area (Å²) in [6, 6.07) is 7.67. The van der Waals surface area contributed by atoms with E-state index in [0.29, 0.717) is 23.7 Å². The van der Waals surface area contributed by atoms with Gasteiger partial charge in [-0.15, -0.1) is 0 Å². The number of β-amino-alcohol motifs (C(OH)–C–C–N with tert-alkyl or cyclic N) is 1. The van der Waals surface area contributed by atoms with Crippen LogP contribution in [-0.4, -0.2) is 39.0 Å². The summed E-state index contributed by atoms with van der Waals surface area (Å²) in [5, 5.41) is 8.87. The summed E-state index contributed by atoms with van der Waals surface area (Å²) in [6.07, 6.45) is 0. The van der Waals surface area contributed by atoms with Crippen molar-refractivity contribution in [3.8, 4) is 0 Å². The molecule has 5 heteroatoms. The molecule has 1 aromatic carbocycles. The Hall–Kier alpha value is -1.07. The number of nitrogens with zero attached hydrogens (tertiary/aromatic N) is 1. The predicted molar refractivity (Wildman–Crippen MR) is 56.6 cm³/mol. The fraction of sp³-hybridized carbons (Fsp3) is 0.400. The van der Waals surface area contributed by atoms with Crippen LogP contribution in [0.3, 0.4) is 0 Å². The number of benzene rings is 1. The van der Waals surface area contributed by atoms with E-state index in [1.54, 1.807) is 18.2 Å². The molecule has 0 saturated carbocycles. The molecule has 15 heavy (non-hydrogen) atoms. The van der Waals surface area contributed by atoms with Gasteiger partial charge in [-0.2, -0.15) is 0 Å². The van der Waals surface area contributed by atoms with Crippen molar-refractivity contribution in [2.24, 2.45) is 0 Å². The lowest BCUT2D eigenvalue weighted by molar-refractivity contribution is 0.302. The van der Waals surface area contributed by atoms with Crippen LogP contribution in [0.15, 0.2) is 23.1 Å². The first kappa shape index (κ1) is 10.4. The van der Waals surface area contributed by atoms with E-state index >= 15 is 0 Å². The van der Waals surface area contributed by atoms with Crippen LogP contribution < -0.4 is 4.90 Å². The van der Waals surface area contributed by atoms with Gasteiger partial charge in [-0.3, -0.25) is 0 Å². The second kappa shape index (κ2) is 3.83. The van der Waals surface area contributed by atoms with Gasteiger partial charge >= 0.3 is 0 Å². The average Bonchev–Trinajstić information content (AvgIpc) is 2.23. The van der Waals surface area contributed by atoms with Gasteiger partial charge < -0.3 is 10.0 Å². The van der Waals surface area contributed by atoms with E-state index in [0.717, 1.165) is 0 Å². The third kappa shape index (κ3) is 1.85. The summed E-state index contributed by atoms with van der Waals surface area (Å²) in [5.74, 6) is 0.115. The van der Waals surface area contributed by atoms with Crippen LogP contribution in [0, 0.1) is 6.07 Å². The highest BCUT2D eigenvalue weighted by Crippen LogP contribution is 2.29. The van der Waals surface area contributed by atoms with Gasteiger partial charge in [-0.25, -0.2) is 8.42 Å². The molecular formula is C10H12NO3S. The lowest BCUT2D eigenvalue weighted by atomic mass is 10.3. The van der Waals surface area contributed by atoms with Gasteiger partial charge in [0.2, 0.25) is 0 Å². The number of rotatable bonds is 2. The molecule has 0 atom stereocenters. The van der Waals surface area contributed by atoms with Crippen molar-refractivity contribution in [3.63, 3.8) is 0 Å². The number of hydrogen-bond acceptors (Lipinski definition) is 4. The molecule has 0 bridgehead atoms. The number of sulfone groups is 1. The van der Waals surface area contributed by atoms with Crippen molar-refractivity contribution in [3.05, 3.63) is 24.3 Å². The Balaban J connectivity index is 2.49. The quantitative estimate of drug-likeness (QED) is 0.775. The molecule has 0 saturated heterocycles. The average molecular weight is 226 g/mol. The molecule has 0 aliphatic carbocycles. The van der Waals surface area contributed by atoms with Crippen molar-refractivity contribution in [1.29, 1.82) is 0 Å².